The van der Waals surface area contributed by atoms with E-state index in [9.17, 15) is 9.59 Å². The topological polar surface area (TPSA) is 69.4 Å². The Morgan fingerprint density at radius 2 is 2.15 bits per heavy atom. The highest BCUT2D eigenvalue weighted by atomic mass is 16.6. The number of rotatable bonds is 1. The second-order valence-corrected chi connectivity index (χ2v) is 3.76. The third kappa shape index (κ3) is 2.44. The van der Waals surface area contributed by atoms with E-state index in [1.165, 1.54) is 0 Å². The minimum atomic E-state index is -0.751. The van der Waals surface area contributed by atoms with E-state index in [0.29, 0.717) is 12.8 Å². The minimum Gasteiger partial charge on any atom is -0.446 e. The van der Waals surface area contributed by atoms with Crippen LogP contribution in [-0.4, -0.2) is 18.0 Å². The summed E-state index contributed by atoms with van der Waals surface area (Å²) in [6.07, 6.45) is 0.144. The number of Topliss-reactive ketones (excluding diaryl/α,β-unsaturated/α-hetero) is 1. The average Bonchev–Trinajstić information content (AvgIpc) is 1.99. The lowest BCUT2D eigenvalue weighted by Gasteiger charge is -2.30. The lowest BCUT2D eigenvalue weighted by atomic mass is 9.81. The average molecular weight is 185 g/mol. The van der Waals surface area contributed by atoms with Gasteiger partial charge in [0.05, 0.1) is 0 Å². The van der Waals surface area contributed by atoms with Gasteiger partial charge in [-0.1, -0.05) is 13.8 Å². The fourth-order valence-electron chi connectivity index (χ4n) is 1.68. The van der Waals surface area contributed by atoms with E-state index in [-0.39, 0.29) is 23.7 Å². The Balaban J connectivity index is 2.56. The molecule has 4 heteroatoms. The number of hydrogen-bond donors (Lipinski definition) is 1. The smallest absolute Gasteiger partial charge is 0.404 e. The largest absolute Gasteiger partial charge is 0.446 e. The maximum atomic E-state index is 11.3. The summed E-state index contributed by atoms with van der Waals surface area (Å²) in [5, 5.41) is 0. The summed E-state index contributed by atoms with van der Waals surface area (Å²) < 4.78 is 4.91. The molecule has 2 unspecified atom stereocenters. The first-order valence-electron chi connectivity index (χ1n) is 4.49. The molecule has 1 rings (SSSR count). The van der Waals surface area contributed by atoms with Crippen LogP contribution in [0.2, 0.25) is 0 Å². The summed E-state index contributed by atoms with van der Waals surface area (Å²) in [7, 11) is 0. The summed E-state index contributed by atoms with van der Waals surface area (Å²) in [5.74, 6) is 0.327. The van der Waals surface area contributed by atoms with Gasteiger partial charge in [-0.2, -0.15) is 0 Å². The molecule has 0 aromatic carbocycles. The molecule has 0 bridgehead atoms. The molecule has 0 spiro atoms. The fourth-order valence-corrected chi connectivity index (χ4v) is 1.68. The molecule has 1 aliphatic carbocycles. The Hall–Kier alpha value is -1.06. The number of carbonyl (C=O) groups is 2. The Bertz CT molecular complexity index is 227. The zero-order chi connectivity index (χ0) is 10.0. The van der Waals surface area contributed by atoms with Crippen molar-refractivity contribution in [3.8, 4) is 0 Å². The Morgan fingerprint density at radius 3 is 2.69 bits per heavy atom. The summed E-state index contributed by atoms with van der Waals surface area (Å²) >= 11 is 0. The Kier molecular flexibility index (Phi) is 2.90. The predicted molar refractivity (Wildman–Crippen MR) is 47.0 cm³/mol. The van der Waals surface area contributed by atoms with Crippen molar-refractivity contribution in [3.63, 3.8) is 0 Å². The molecule has 1 saturated carbocycles. The van der Waals surface area contributed by atoms with Gasteiger partial charge >= 0.3 is 6.09 Å². The van der Waals surface area contributed by atoms with E-state index in [1.807, 2.05) is 13.8 Å². The maximum Gasteiger partial charge on any atom is 0.404 e. The van der Waals surface area contributed by atoms with Gasteiger partial charge in [0, 0.05) is 18.3 Å². The van der Waals surface area contributed by atoms with E-state index >= 15 is 0 Å². The first-order valence-corrected chi connectivity index (χ1v) is 4.49. The van der Waals surface area contributed by atoms with Gasteiger partial charge < -0.3 is 10.5 Å². The summed E-state index contributed by atoms with van der Waals surface area (Å²) in [5.41, 5.74) is 4.92. The summed E-state index contributed by atoms with van der Waals surface area (Å²) in [6.45, 7) is 3.75. The number of nitrogens with two attached hydrogens (primary N) is 1. The second kappa shape index (κ2) is 3.77. The highest BCUT2D eigenvalue weighted by Gasteiger charge is 2.33. The molecule has 2 N–H and O–H groups in total. The standard InChI is InChI=1S/C9H15NO3/c1-5-4-8(13-9(10)12)6(2)3-7(5)11/h5-6,8H,3-4H2,1-2H3,(H2,10,12)/t5?,6?,8-/m0/s1. The molecule has 1 fully saturated rings. The first-order chi connectivity index (χ1) is 6.00. The number of hydrogen-bond acceptors (Lipinski definition) is 3. The van der Waals surface area contributed by atoms with Crippen molar-refractivity contribution in [1.29, 1.82) is 0 Å². The van der Waals surface area contributed by atoms with Gasteiger partial charge in [0.2, 0.25) is 0 Å². The van der Waals surface area contributed by atoms with Crippen LogP contribution in [0.25, 0.3) is 0 Å². The van der Waals surface area contributed by atoms with Crippen molar-refractivity contribution >= 4 is 11.9 Å². The lowest BCUT2D eigenvalue weighted by molar-refractivity contribution is -0.128. The fraction of sp³-hybridized carbons (Fsp3) is 0.778. The van der Waals surface area contributed by atoms with Crippen LogP contribution in [-0.2, 0) is 9.53 Å². The minimum absolute atomic E-state index is 0.0134. The van der Waals surface area contributed by atoms with Gasteiger partial charge in [-0.3, -0.25) is 4.79 Å². The molecule has 0 aromatic rings. The van der Waals surface area contributed by atoms with Crippen molar-refractivity contribution in [2.45, 2.75) is 32.8 Å². The van der Waals surface area contributed by atoms with Crippen LogP contribution in [0.1, 0.15) is 26.7 Å². The van der Waals surface area contributed by atoms with Crippen molar-refractivity contribution in [3.05, 3.63) is 0 Å². The van der Waals surface area contributed by atoms with Crippen LogP contribution < -0.4 is 5.73 Å². The monoisotopic (exact) mass is 185 g/mol. The van der Waals surface area contributed by atoms with E-state index in [2.05, 4.69) is 0 Å². The van der Waals surface area contributed by atoms with E-state index < -0.39 is 6.09 Å². The van der Waals surface area contributed by atoms with Crippen LogP contribution in [0.5, 0.6) is 0 Å². The molecule has 3 atom stereocenters. The summed E-state index contributed by atoms with van der Waals surface area (Å²) in [6, 6.07) is 0. The van der Waals surface area contributed by atoms with Gasteiger partial charge in [0.1, 0.15) is 11.9 Å². The molecular weight excluding hydrogens is 170 g/mol. The third-order valence-corrected chi connectivity index (χ3v) is 2.56. The van der Waals surface area contributed by atoms with Crippen molar-refractivity contribution in [1.82, 2.24) is 0 Å². The van der Waals surface area contributed by atoms with E-state index in [1.54, 1.807) is 0 Å². The van der Waals surface area contributed by atoms with Crippen LogP contribution in [0.15, 0.2) is 0 Å². The van der Waals surface area contributed by atoms with Crippen LogP contribution >= 0.6 is 0 Å². The molecular formula is C9H15NO3. The van der Waals surface area contributed by atoms with Gasteiger partial charge in [-0.15, -0.1) is 0 Å². The molecule has 74 valence electrons. The highest BCUT2D eigenvalue weighted by Crippen LogP contribution is 2.27. The predicted octanol–water partition coefficient (Wildman–Crippen LogP) is 1.09. The van der Waals surface area contributed by atoms with Gasteiger partial charge in [0.25, 0.3) is 0 Å². The normalized spacial score (nSPS) is 34.3. The van der Waals surface area contributed by atoms with Gasteiger partial charge in [-0.25, -0.2) is 4.79 Å². The molecule has 0 aromatic heterocycles. The third-order valence-electron chi connectivity index (χ3n) is 2.56. The lowest BCUT2D eigenvalue weighted by Crippen LogP contribution is -2.37. The maximum absolute atomic E-state index is 11.3. The number of primary amides is 1. The number of ketones is 1. The number of amides is 1. The van der Waals surface area contributed by atoms with Crippen LogP contribution in [0, 0.1) is 11.8 Å². The van der Waals surface area contributed by atoms with E-state index in [0.717, 1.165) is 0 Å². The van der Waals surface area contributed by atoms with Gasteiger partial charge in [0.15, 0.2) is 0 Å². The number of carbonyl (C=O) groups excluding carboxylic acids is 2. The molecule has 0 heterocycles. The molecule has 0 aliphatic heterocycles. The van der Waals surface area contributed by atoms with Crippen LogP contribution in [0.3, 0.4) is 0 Å². The molecule has 1 amide bonds. The first kappa shape index (κ1) is 10.0. The Labute approximate surface area is 77.4 Å². The van der Waals surface area contributed by atoms with Gasteiger partial charge in [-0.05, 0) is 6.42 Å². The molecule has 13 heavy (non-hydrogen) atoms. The molecule has 0 radical (unpaired) electrons. The quantitative estimate of drug-likeness (QED) is 0.664. The van der Waals surface area contributed by atoms with Crippen molar-refractivity contribution < 1.29 is 14.3 Å². The second-order valence-electron chi connectivity index (χ2n) is 3.76. The van der Waals surface area contributed by atoms with E-state index in [4.69, 9.17) is 10.5 Å². The van der Waals surface area contributed by atoms with Crippen molar-refractivity contribution in [2.24, 2.45) is 17.6 Å². The van der Waals surface area contributed by atoms with Crippen molar-refractivity contribution in [2.75, 3.05) is 0 Å². The zero-order valence-electron chi connectivity index (χ0n) is 7.95. The van der Waals surface area contributed by atoms with Crippen LogP contribution in [0.4, 0.5) is 4.79 Å². The molecule has 4 nitrogen and oxygen atoms in total. The molecule has 1 aliphatic rings. The zero-order valence-corrected chi connectivity index (χ0v) is 7.95. The molecule has 0 saturated heterocycles. The highest BCUT2D eigenvalue weighted by molar-refractivity contribution is 5.81. The Morgan fingerprint density at radius 1 is 1.54 bits per heavy atom. The SMILES string of the molecule is CC1C[C@H](OC(N)=O)C(C)CC1=O. The number of ether oxygens (including phenoxy) is 1. The summed E-state index contributed by atoms with van der Waals surface area (Å²) in [4.78, 5) is 21.8.